The molecule has 2 heterocycles. The molecule has 0 bridgehead atoms. The molecule has 0 aliphatic carbocycles. The summed E-state index contributed by atoms with van der Waals surface area (Å²) in [7, 11) is 0. The number of hydrogen-bond donors (Lipinski definition) is 0. The van der Waals surface area contributed by atoms with Gasteiger partial charge in [-0.25, -0.2) is 4.98 Å². The van der Waals surface area contributed by atoms with Crippen molar-refractivity contribution in [2.45, 2.75) is 0 Å². The highest BCUT2D eigenvalue weighted by Gasteiger charge is 2.19. The first kappa shape index (κ1) is 15.1. The summed E-state index contributed by atoms with van der Waals surface area (Å²) in [5.74, 6) is 0.0472. The molecule has 0 atom stereocenters. The molecule has 1 aromatic heterocycles. The highest BCUT2D eigenvalue weighted by molar-refractivity contribution is 7.10. The van der Waals surface area contributed by atoms with Gasteiger partial charge in [-0.05, 0) is 30.3 Å². The predicted molar refractivity (Wildman–Crippen MR) is 91.4 cm³/mol. The van der Waals surface area contributed by atoms with Crippen LogP contribution in [0.3, 0.4) is 0 Å². The van der Waals surface area contributed by atoms with Gasteiger partial charge in [-0.3, -0.25) is 4.79 Å². The Morgan fingerprint density at radius 1 is 1.18 bits per heavy atom. The second kappa shape index (κ2) is 6.94. The molecule has 1 aromatic carbocycles. The monoisotopic (exact) mass is 333 g/mol. The van der Waals surface area contributed by atoms with Crippen molar-refractivity contribution in [2.75, 3.05) is 31.1 Å². The summed E-state index contributed by atoms with van der Waals surface area (Å²) >= 11 is 7.43. The number of carbonyl (C=O) groups excluding carboxylic acids is 1. The fourth-order valence-corrected chi connectivity index (χ4v) is 3.06. The van der Waals surface area contributed by atoms with Crippen molar-refractivity contribution in [3.63, 3.8) is 0 Å². The van der Waals surface area contributed by atoms with Crippen LogP contribution in [0.25, 0.3) is 6.08 Å². The fourth-order valence-electron chi connectivity index (χ4n) is 2.40. The third-order valence-corrected chi connectivity index (χ3v) is 4.60. The number of anilines is 1. The van der Waals surface area contributed by atoms with E-state index in [0.29, 0.717) is 0 Å². The van der Waals surface area contributed by atoms with E-state index in [1.54, 1.807) is 18.3 Å². The second-order valence-electron chi connectivity index (χ2n) is 4.99. The maximum atomic E-state index is 12.2. The summed E-state index contributed by atoms with van der Waals surface area (Å²) in [6, 6.07) is 7.82. The van der Waals surface area contributed by atoms with Gasteiger partial charge in [0.1, 0.15) is 5.01 Å². The largest absolute Gasteiger partial charge is 0.368 e. The Labute approximate surface area is 138 Å². The molecule has 6 heteroatoms. The number of nitrogens with zero attached hydrogens (tertiary/aromatic N) is 3. The first-order valence-electron chi connectivity index (χ1n) is 7.09. The SMILES string of the molecule is O=C(C=Cc1nccs1)N1CCN(c2ccc(Cl)cc2)CC1. The molecule has 0 saturated carbocycles. The summed E-state index contributed by atoms with van der Waals surface area (Å²) in [6.07, 6.45) is 5.12. The number of rotatable bonds is 3. The molecule has 22 heavy (non-hydrogen) atoms. The number of aromatic nitrogens is 1. The molecule has 1 aliphatic heterocycles. The Bertz CT molecular complexity index is 647. The number of hydrogen-bond acceptors (Lipinski definition) is 4. The normalized spacial score (nSPS) is 15.5. The van der Waals surface area contributed by atoms with E-state index < -0.39 is 0 Å². The molecule has 1 fully saturated rings. The van der Waals surface area contributed by atoms with E-state index in [4.69, 9.17) is 11.6 Å². The lowest BCUT2D eigenvalue weighted by Gasteiger charge is -2.35. The molecule has 1 saturated heterocycles. The molecule has 3 rings (SSSR count). The summed E-state index contributed by atoms with van der Waals surface area (Å²) in [5.41, 5.74) is 1.15. The number of thiazole rings is 1. The number of piperazine rings is 1. The first-order chi connectivity index (χ1) is 10.7. The average molecular weight is 334 g/mol. The highest BCUT2D eigenvalue weighted by Crippen LogP contribution is 2.19. The molecule has 1 amide bonds. The van der Waals surface area contributed by atoms with E-state index >= 15 is 0 Å². The van der Waals surface area contributed by atoms with Crippen molar-refractivity contribution in [1.29, 1.82) is 0 Å². The minimum absolute atomic E-state index is 0.0472. The molecule has 114 valence electrons. The lowest BCUT2D eigenvalue weighted by atomic mass is 10.2. The van der Waals surface area contributed by atoms with E-state index in [1.165, 1.54) is 11.3 Å². The molecule has 0 radical (unpaired) electrons. The zero-order valence-corrected chi connectivity index (χ0v) is 13.6. The first-order valence-corrected chi connectivity index (χ1v) is 8.35. The zero-order valence-electron chi connectivity index (χ0n) is 12.0. The van der Waals surface area contributed by atoms with Crippen LogP contribution in [0.5, 0.6) is 0 Å². The molecular formula is C16H16ClN3OS. The summed E-state index contributed by atoms with van der Waals surface area (Å²) in [4.78, 5) is 20.4. The van der Waals surface area contributed by atoms with E-state index in [2.05, 4.69) is 9.88 Å². The van der Waals surface area contributed by atoms with Crippen LogP contribution in [0.4, 0.5) is 5.69 Å². The van der Waals surface area contributed by atoms with Crippen LogP contribution in [0.15, 0.2) is 41.9 Å². The Morgan fingerprint density at radius 2 is 1.91 bits per heavy atom. The van der Waals surface area contributed by atoms with E-state index in [1.807, 2.05) is 34.5 Å². The van der Waals surface area contributed by atoms with E-state index in [0.717, 1.165) is 41.9 Å². The van der Waals surface area contributed by atoms with Gasteiger partial charge in [0.2, 0.25) is 5.91 Å². The van der Waals surface area contributed by atoms with Gasteiger partial charge >= 0.3 is 0 Å². The van der Waals surface area contributed by atoms with Gasteiger partial charge in [0.15, 0.2) is 0 Å². The predicted octanol–water partition coefficient (Wildman–Crippen LogP) is 3.16. The third-order valence-electron chi connectivity index (χ3n) is 3.60. The van der Waals surface area contributed by atoms with Gasteiger partial charge in [-0.15, -0.1) is 11.3 Å². The van der Waals surface area contributed by atoms with Crippen molar-refractivity contribution in [3.8, 4) is 0 Å². The van der Waals surface area contributed by atoms with Gasteiger partial charge in [-0.1, -0.05) is 11.6 Å². The average Bonchev–Trinajstić information content (AvgIpc) is 3.07. The smallest absolute Gasteiger partial charge is 0.246 e. The molecule has 0 N–H and O–H groups in total. The van der Waals surface area contributed by atoms with Crippen LogP contribution < -0.4 is 4.90 Å². The Kier molecular flexibility index (Phi) is 4.75. The quantitative estimate of drug-likeness (QED) is 0.810. The van der Waals surface area contributed by atoms with Crippen LogP contribution in [-0.4, -0.2) is 42.0 Å². The molecule has 4 nitrogen and oxygen atoms in total. The van der Waals surface area contributed by atoms with Crippen LogP contribution in [0.1, 0.15) is 5.01 Å². The van der Waals surface area contributed by atoms with E-state index in [9.17, 15) is 4.79 Å². The van der Waals surface area contributed by atoms with Crippen LogP contribution in [0.2, 0.25) is 5.02 Å². The zero-order chi connectivity index (χ0) is 15.4. The number of benzene rings is 1. The van der Waals surface area contributed by atoms with Gasteiger partial charge in [0.25, 0.3) is 0 Å². The van der Waals surface area contributed by atoms with Crippen LogP contribution >= 0.6 is 22.9 Å². The topological polar surface area (TPSA) is 36.4 Å². The van der Waals surface area contributed by atoms with Crippen LogP contribution in [0, 0.1) is 0 Å². The van der Waals surface area contributed by atoms with Crippen molar-refractivity contribution in [1.82, 2.24) is 9.88 Å². The molecule has 1 aliphatic rings. The molecule has 2 aromatic rings. The number of halogens is 1. The van der Waals surface area contributed by atoms with Gasteiger partial charge in [0, 0.05) is 54.5 Å². The minimum Gasteiger partial charge on any atom is -0.368 e. The number of carbonyl (C=O) groups is 1. The molecule has 0 spiro atoms. The minimum atomic E-state index is 0.0472. The lowest BCUT2D eigenvalue weighted by Crippen LogP contribution is -2.48. The van der Waals surface area contributed by atoms with Crippen molar-refractivity contribution in [3.05, 3.63) is 51.9 Å². The third kappa shape index (κ3) is 3.67. The summed E-state index contributed by atoms with van der Waals surface area (Å²) in [5, 5.41) is 3.49. The Balaban J connectivity index is 1.55. The van der Waals surface area contributed by atoms with E-state index in [-0.39, 0.29) is 5.91 Å². The summed E-state index contributed by atoms with van der Waals surface area (Å²) < 4.78 is 0. The van der Waals surface area contributed by atoms with Gasteiger partial charge < -0.3 is 9.80 Å². The second-order valence-corrected chi connectivity index (χ2v) is 6.36. The van der Waals surface area contributed by atoms with Crippen molar-refractivity contribution < 1.29 is 4.79 Å². The van der Waals surface area contributed by atoms with Gasteiger partial charge in [0.05, 0.1) is 0 Å². The number of amides is 1. The lowest BCUT2D eigenvalue weighted by molar-refractivity contribution is -0.126. The Morgan fingerprint density at radius 3 is 2.55 bits per heavy atom. The Hall–Kier alpha value is -1.85. The van der Waals surface area contributed by atoms with Gasteiger partial charge in [-0.2, -0.15) is 0 Å². The highest BCUT2D eigenvalue weighted by atomic mass is 35.5. The maximum Gasteiger partial charge on any atom is 0.246 e. The summed E-state index contributed by atoms with van der Waals surface area (Å²) in [6.45, 7) is 3.12. The molecular weight excluding hydrogens is 318 g/mol. The fraction of sp³-hybridized carbons (Fsp3) is 0.250. The van der Waals surface area contributed by atoms with Crippen molar-refractivity contribution >= 4 is 40.6 Å². The van der Waals surface area contributed by atoms with Crippen LogP contribution in [-0.2, 0) is 4.79 Å². The van der Waals surface area contributed by atoms with Crippen molar-refractivity contribution in [2.24, 2.45) is 0 Å². The maximum absolute atomic E-state index is 12.2. The standard InChI is InChI=1S/C16H16ClN3OS/c17-13-1-3-14(4-2-13)19-8-10-20(11-9-19)16(21)6-5-15-18-7-12-22-15/h1-7,12H,8-11H2. The molecule has 0 unspecified atom stereocenters.